The Morgan fingerprint density at radius 2 is 2.25 bits per heavy atom. The van der Waals surface area contributed by atoms with Crippen molar-refractivity contribution in [2.45, 2.75) is 26.8 Å². The minimum absolute atomic E-state index is 0.203. The fraction of sp³-hybridized carbons (Fsp3) is 0.462. The molecule has 86 valence electrons. The van der Waals surface area contributed by atoms with E-state index in [-0.39, 0.29) is 6.04 Å². The van der Waals surface area contributed by atoms with Crippen molar-refractivity contribution in [2.75, 3.05) is 18.5 Å². The molecular weight excluding hydrogens is 200 g/mol. The molecule has 0 spiro atoms. The molecule has 1 N–H and O–H groups in total. The van der Waals surface area contributed by atoms with E-state index in [1.165, 1.54) is 0 Å². The van der Waals surface area contributed by atoms with Crippen molar-refractivity contribution in [1.29, 1.82) is 5.26 Å². The van der Waals surface area contributed by atoms with E-state index in [0.717, 1.165) is 11.3 Å². The molecular formula is C13H18N2O. The van der Waals surface area contributed by atoms with Crippen LogP contribution in [0.3, 0.4) is 0 Å². The first-order chi connectivity index (χ1) is 7.67. The van der Waals surface area contributed by atoms with Gasteiger partial charge in [-0.2, -0.15) is 5.26 Å². The third-order valence-corrected chi connectivity index (χ3v) is 2.27. The minimum atomic E-state index is 0.203. The van der Waals surface area contributed by atoms with Crippen molar-refractivity contribution in [3.05, 3.63) is 29.3 Å². The number of benzene rings is 1. The lowest BCUT2D eigenvalue weighted by molar-refractivity contribution is 0.141. The fourth-order valence-electron chi connectivity index (χ4n) is 1.48. The lowest BCUT2D eigenvalue weighted by Gasteiger charge is -2.16. The summed E-state index contributed by atoms with van der Waals surface area (Å²) in [6, 6.07) is 8.15. The number of ether oxygens (including phenoxy) is 1. The molecule has 1 rings (SSSR count). The normalized spacial score (nSPS) is 11.9. The highest BCUT2D eigenvalue weighted by Gasteiger charge is 2.06. The highest BCUT2D eigenvalue weighted by atomic mass is 16.5. The maximum atomic E-state index is 8.98. The van der Waals surface area contributed by atoms with Gasteiger partial charge in [-0.1, -0.05) is 6.07 Å². The average Bonchev–Trinajstić information content (AvgIpc) is 2.27. The molecule has 1 aromatic carbocycles. The number of nitriles is 1. The quantitative estimate of drug-likeness (QED) is 0.826. The SMILES string of the molecule is CCOCC(C)Nc1cc(C)ccc1C#N. The van der Waals surface area contributed by atoms with E-state index >= 15 is 0 Å². The van der Waals surface area contributed by atoms with Crippen LogP contribution in [-0.2, 0) is 4.74 Å². The van der Waals surface area contributed by atoms with Crippen molar-refractivity contribution in [3.8, 4) is 6.07 Å². The zero-order valence-corrected chi connectivity index (χ0v) is 10.1. The van der Waals surface area contributed by atoms with Gasteiger partial charge in [-0.25, -0.2) is 0 Å². The minimum Gasteiger partial charge on any atom is -0.380 e. The smallest absolute Gasteiger partial charge is 0.101 e. The standard InChI is InChI=1S/C13H18N2O/c1-4-16-9-11(3)15-13-7-10(2)5-6-12(13)8-14/h5-7,11,15H,4,9H2,1-3H3. The Bertz CT molecular complexity index is 382. The van der Waals surface area contributed by atoms with Gasteiger partial charge in [-0.15, -0.1) is 0 Å². The highest BCUT2D eigenvalue weighted by molar-refractivity contribution is 5.59. The van der Waals surface area contributed by atoms with Crippen molar-refractivity contribution in [2.24, 2.45) is 0 Å². The Labute approximate surface area is 97.0 Å². The Hall–Kier alpha value is -1.53. The molecule has 3 heteroatoms. The summed E-state index contributed by atoms with van der Waals surface area (Å²) in [4.78, 5) is 0. The van der Waals surface area contributed by atoms with Gasteiger partial charge in [0, 0.05) is 12.6 Å². The number of hydrogen-bond acceptors (Lipinski definition) is 3. The Balaban J connectivity index is 2.72. The van der Waals surface area contributed by atoms with E-state index < -0.39 is 0 Å². The number of anilines is 1. The van der Waals surface area contributed by atoms with E-state index in [1.54, 1.807) is 0 Å². The zero-order chi connectivity index (χ0) is 12.0. The van der Waals surface area contributed by atoms with Gasteiger partial charge in [0.1, 0.15) is 6.07 Å². The van der Waals surface area contributed by atoms with Gasteiger partial charge < -0.3 is 10.1 Å². The van der Waals surface area contributed by atoms with Gasteiger partial charge in [0.25, 0.3) is 0 Å². The number of nitrogens with zero attached hydrogens (tertiary/aromatic N) is 1. The maximum absolute atomic E-state index is 8.98. The molecule has 16 heavy (non-hydrogen) atoms. The third-order valence-electron chi connectivity index (χ3n) is 2.27. The molecule has 0 aromatic heterocycles. The Morgan fingerprint density at radius 3 is 2.88 bits per heavy atom. The van der Waals surface area contributed by atoms with Crippen LogP contribution < -0.4 is 5.32 Å². The molecule has 0 heterocycles. The van der Waals surface area contributed by atoms with Crippen molar-refractivity contribution in [3.63, 3.8) is 0 Å². The van der Waals surface area contributed by atoms with Crippen LogP contribution in [-0.4, -0.2) is 19.3 Å². The molecule has 0 aliphatic heterocycles. The summed E-state index contributed by atoms with van der Waals surface area (Å²) >= 11 is 0. The van der Waals surface area contributed by atoms with Crippen molar-refractivity contribution >= 4 is 5.69 Å². The second-order valence-electron chi connectivity index (χ2n) is 3.87. The molecule has 0 fully saturated rings. The predicted molar refractivity (Wildman–Crippen MR) is 65.5 cm³/mol. The first kappa shape index (κ1) is 12.5. The van der Waals surface area contributed by atoms with Crippen LogP contribution in [0.5, 0.6) is 0 Å². The average molecular weight is 218 g/mol. The number of rotatable bonds is 5. The fourth-order valence-corrected chi connectivity index (χ4v) is 1.48. The number of aryl methyl sites for hydroxylation is 1. The molecule has 1 unspecified atom stereocenters. The molecule has 0 bridgehead atoms. The molecule has 0 saturated carbocycles. The van der Waals surface area contributed by atoms with Crippen LogP contribution in [0.15, 0.2) is 18.2 Å². The van der Waals surface area contributed by atoms with Gasteiger partial charge in [0.15, 0.2) is 0 Å². The molecule has 0 aliphatic rings. The van der Waals surface area contributed by atoms with Gasteiger partial charge in [0.05, 0.1) is 17.9 Å². The van der Waals surface area contributed by atoms with Gasteiger partial charge in [-0.3, -0.25) is 0 Å². The van der Waals surface area contributed by atoms with Crippen molar-refractivity contribution < 1.29 is 4.74 Å². The molecule has 0 saturated heterocycles. The summed E-state index contributed by atoms with van der Waals surface area (Å²) in [6.07, 6.45) is 0. The van der Waals surface area contributed by atoms with Gasteiger partial charge in [-0.05, 0) is 38.5 Å². The van der Waals surface area contributed by atoms with E-state index in [1.807, 2.05) is 39.0 Å². The monoisotopic (exact) mass is 218 g/mol. The second-order valence-corrected chi connectivity index (χ2v) is 3.87. The van der Waals surface area contributed by atoms with E-state index in [0.29, 0.717) is 18.8 Å². The number of nitrogens with one attached hydrogen (secondary N) is 1. The topological polar surface area (TPSA) is 45.0 Å². The summed E-state index contributed by atoms with van der Waals surface area (Å²) in [5, 5.41) is 12.3. The number of hydrogen-bond donors (Lipinski definition) is 1. The lowest BCUT2D eigenvalue weighted by atomic mass is 10.1. The van der Waals surface area contributed by atoms with Crippen molar-refractivity contribution in [1.82, 2.24) is 0 Å². The Morgan fingerprint density at radius 1 is 1.50 bits per heavy atom. The summed E-state index contributed by atoms with van der Waals surface area (Å²) < 4.78 is 5.33. The first-order valence-electron chi connectivity index (χ1n) is 5.52. The predicted octanol–water partition coefficient (Wildman–Crippen LogP) is 2.70. The van der Waals surface area contributed by atoms with Gasteiger partial charge >= 0.3 is 0 Å². The molecule has 1 atom stereocenters. The first-order valence-corrected chi connectivity index (χ1v) is 5.52. The Kier molecular flexibility index (Phi) is 4.81. The van der Waals surface area contributed by atoms with E-state index in [4.69, 9.17) is 10.00 Å². The molecule has 0 amide bonds. The van der Waals surface area contributed by atoms with Crippen LogP contribution in [0.1, 0.15) is 25.0 Å². The molecule has 0 aliphatic carbocycles. The summed E-state index contributed by atoms with van der Waals surface area (Å²) in [5.41, 5.74) is 2.70. The van der Waals surface area contributed by atoms with Gasteiger partial charge in [0.2, 0.25) is 0 Å². The lowest BCUT2D eigenvalue weighted by Crippen LogP contribution is -2.22. The molecule has 3 nitrogen and oxygen atoms in total. The van der Waals surface area contributed by atoms with Crippen LogP contribution >= 0.6 is 0 Å². The van der Waals surface area contributed by atoms with Crippen LogP contribution in [0, 0.1) is 18.3 Å². The second kappa shape index (κ2) is 6.14. The highest BCUT2D eigenvalue weighted by Crippen LogP contribution is 2.17. The van der Waals surface area contributed by atoms with E-state index in [9.17, 15) is 0 Å². The largest absolute Gasteiger partial charge is 0.380 e. The zero-order valence-electron chi connectivity index (χ0n) is 10.1. The maximum Gasteiger partial charge on any atom is 0.101 e. The summed E-state index contributed by atoms with van der Waals surface area (Å²) in [7, 11) is 0. The van der Waals surface area contributed by atoms with E-state index in [2.05, 4.69) is 11.4 Å². The van der Waals surface area contributed by atoms with Crippen LogP contribution in [0.4, 0.5) is 5.69 Å². The summed E-state index contributed by atoms with van der Waals surface area (Å²) in [5.74, 6) is 0. The molecule has 0 radical (unpaired) electrons. The molecule has 1 aromatic rings. The summed E-state index contributed by atoms with van der Waals surface area (Å²) in [6.45, 7) is 7.39. The van der Waals surface area contributed by atoms with Crippen LogP contribution in [0.2, 0.25) is 0 Å². The third kappa shape index (κ3) is 3.56. The van der Waals surface area contributed by atoms with Crippen LogP contribution in [0.25, 0.3) is 0 Å².